The monoisotopic (exact) mass is 445 g/mol. The Morgan fingerprint density at radius 2 is 1.74 bits per heavy atom. The molecule has 0 unspecified atom stereocenters. The normalized spacial score (nSPS) is 15.4. The summed E-state index contributed by atoms with van der Waals surface area (Å²) in [6.07, 6.45) is 5.98. The van der Waals surface area contributed by atoms with Crippen molar-refractivity contribution in [1.29, 1.82) is 0 Å². The number of carbonyl (C=O) groups excluding carboxylic acids is 1. The van der Waals surface area contributed by atoms with Crippen molar-refractivity contribution in [3.8, 4) is 0 Å². The third-order valence-electron chi connectivity index (χ3n) is 6.46. The van der Waals surface area contributed by atoms with Crippen LogP contribution in [0.25, 0.3) is 0 Å². The molecule has 2 aromatic rings. The van der Waals surface area contributed by atoms with Crippen LogP contribution in [-0.2, 0) is 49.3 Å². The van der Waals surface area contributed by atoms with Crippen LogP contribution in [0.2, 0.25) is 0 Å². The van der Waals surface area contributed by atoms with E-state index in [-0.39, 0.29) is 5.03 Å². The number of amides is 2. The lowest BCUT2D eigenvalue weighted by Crippen LogP contribution is -2.35. The maximum absolute atomic E-state index is 12.8. The van der Waals surface area contributed by atoms with Crippen LogP contribution in [-0.4, -0.2) is 42.2 Å². The number of carbonyl (C=O) groups is 1. The van der Waals surface area contributed by atoms with Crippen LogP contribution < -0.4 is 10.0 Å². The number of aryl methyl sites for hydroxylation is 3. The number of fused-ring (bicyclic) bond motifs is 2. The number of benzene rings is 1. The van der Waals surface area contributed by atoms with Crippen LogP contribution in [0.3, 0.4) is 0 Å². The molecule has 1 aromatic heterocycles. The van der Waals surface area contributed by atoms with Gasteiger partial charge in [-0.15, -0.1) is 0 Å². The molecule has 0 radical (unpaired) electrons. The Hall–Kier alpha value is -2.39. The minimum absolute atomic E-state index is 0.152. The van der Waals surface area contributed by atoms with Gasteiger partial charge in [-0.1, -0.05) is 6.07 Å². The first-order chi connectivity index (χ1) is 14.7. The summed E-state index contributed by atoms with van der Waals surface area (Å²) in [4.78, 5) is 14.8. The molecular formula is C22H31N5O3S. The summed E-state index contributed by atoms with van der Waals surface area (Å²) in [5.74, 6) is 0. The van der Waals surface area contributed by atoms with Gasteiger partial charge in [-0.05, 0) is 81.7 Å². The van der Waals surface area contributed by atoms with Gasteiger partial charge in [0, 0.05) is 31.4 Å². The topological polar surface area (TPSA) is 96.3 Å². The number of hydrogen-bond acceptors (Lipinski definition) is 5. The predicted molar refractivity (Wildman–Crippen MR) is 120 cm³/mol. The molecule has 31 heavy (non-hydrogen) atoms. The first-order valence-electron chi connectivity index (χ1n) is 10.9. The van der Waals surface area contributed by atoms with E-state index in [1.54, 1.807) is 11.7 Å². The highest BCUT2D eigenvalue weighted by Gasteiger charge is 2.27. The minimum atomic E-state index is -4.08. The Labute approximate surface area is 184 Å². The molecule has 0 saturated heterocycles. The molecule has 2 aliphatic carbocycles. The van der Waals surface area contributed by atoms with E-state index >= 15 is 0 Å². The van der Waals surface area contributed by atoms with E-state index in [1.807, 2.05) is 7.05 Å². The fourth-order valence-corrected chi connectivity index (χ4v) is 5.40. The molecule has 1 aromatic carbocycles. The van der Waals surface area contributed by atoms with Gasteiger partial charge in [0.05, 0.1) is 5.69 Å². The summed E-state index contributed by atoms with van der Waals surface area (Å²) in [5, 5.41) is 6.84. The molecule has 8 nitrogen and oxygen atoms in total. The summed E-state index contributed by atoms with van der Waals surface area (Å²) in [5.41, 5.74) is 6.45. The van der Waals surface area contributed by atoms with Crippen LogP contribution in [0.1, 0.15) is 54.6 Å². The number of rotatable bonds is 6. The second-order valence-electron chi connectivity index (χ2n) is 8.90. The Morgan fingerprint density at radius 3 is 2.32 bits per heavy atom. The molecule has 9 heteroatoms. The van der Waals surface area contributed by atoms with Gasteiger partial charge in [-0.2, -0.15) is 13.5 Å². The number of sulfonamides is 1. The highest BCUT2D eigenvalue weighted by Crippen LogP contribution is 2.38. The summed E-state index contributed by atoms with van der Waals surface area (Å²) in [7, 11) is -0.404. The number of aromatic nitrogens is 2. The van der Waals surface area contributed by atoms with Crippen molar-refractivity contribution in [2.75, 3.05) is 12.4 Å². The van der Waals surface area contributed by atoms with Gasteiger partial charge in [0.2, 0.25) is 0 Å². The SMILES string of the molecule is CC(C)N(C)Cc1cc(S(=O)(=O)NC(=O)Nc2c3c(cc4c2CCC4)CCC3)nn1C. The Bertz CT molecular complexity index is 1090. The summed E-state index contributed by atoms with van der Waals surface area (Å²) >= 11 is 0. The molecule has 4 rings (SSSR count). The summed E-state index contributed by atoms with van der Waals surface area (Å²) < 4.78 is 29.3. The van der Waals surface area contributed by atoms with Crippen LogP contribution in [0, 0.1) is 0 Å². The zero-order valence-corrected chi connectivity index (χ0v) is 19.5. The van der Waals surface area contributed by atoms with E-state index < -0.39 is 16.1 Å². The molecule has 0 fully saturated rings. The number of nitrogens with one attached hydrogen (secondary N) is 2. The second-order valence-corrected chi connectivity index (χ2v) is 10.5. The molecule has 0 saturated carbocycles. The predicted octanol–water partition coefficient (Wildman–Crippen LogP) is 2.75. The van der Waals surface area contributed by atoms with Gasteiger partial charge in [0.25, 0.3) is 10.0 Å². The van der Waals surface area contributed by atoms with Crippen molar-refractivity contribution in [3.05, 3.63) is 40.1 Å². The van der Waals surface area contributed by atoms with Crippen molar-refractivity contribution in [3.63, 3.8) is 0 Å². The van der Waals surface area contributed by atoms with Gasteiger partial charge in [0.15, 0.2) is 5.03 Å². The van der Waals surface area contributed by atoms with Gasteiger partial charge < -0.3 is 5.32 Å². The first kappa shape index (κ1) is 21.8. The quantitative estimate of drug-likeness (QED) is 0.713. The number of hydrogen-bond donors (Lipinski definition) is 2. The lowest BCUT2D eigenvalue weighted by Gasteiger charge is -2.20. The first-order valence-corrected chi connectivity index (χ1v) is 12.4. The van der Waals surface area contributed by atoms with E-state index in [1.165, 1.54) is 17.2 Å². The maximum Gasteiger partial charge on any atom is 0.333 e. The second kappa shape index (κ2) is 8.27. The molecule has 2 amide bonds. The highest BCUT2D eigenvalue weighted by molar-refractivity contribution is 7.90. The number of anilines is 1. The van der Waals surface area contributed by atoms with Crippen molar-refractivity contribution in [2.24, 2.45) is 7.05 Å². The fraction of sp³-hybridized carbons (Fsp3) is 0.545. The lowest BCUT2D eigenvalue weighted by atomic mass is 9.99. The van der Waals surface area contributed by atoms with E-state index in [0.717, 1.165) is 61.0 Å². The molecule has 2 aliphatic rings. The molecule has 2 N–H and O–H groups in total. The van der Waals surface area contributed by atoms with E-state index in [4.69, 9.17) is 0 Å². The fourth-order valence-electron chi connectivity index (χ4n) is 4.47. The Balaban J connectivity index is 1.52. The zero-order valence-electron chi connectivity index (χ0n) is 18.7. The van der Waals surface area contributed by atoms with E-state index in [0.29, 0.717) is 12.6 Å². The Kier molecular flexibility index (Phi) is 5.83. The smallest absolute Gasteiger partial charge is 0.307 e. The third-order valence-corrected chi connectivity index (χ3v) is 7.67. The summed E-state index contributed by atoms with van der Waals surface area (Å²) in [6, 6.07) is 3.37. The van der Waals surface area contributed by atoms with E-state index in [2.05, 4.69) is 40.0 Å². The maximum atomic E-state index is 12.8. The van der Waals surface area contributed by atoms with Gasteiger partial charge >= 0.3 is 6.03 Å². The number of nitrogens with zero attached hydrogens (tertiary/aromatic N) is 3. The molecule has 1 heterocycles. The molecule has 168 valence electrons. The summed E-state index contributed by atoms with van der Waals surface area (Å²) in [6.45, 7) is 4.69. The van der Waals surface area contributed by atoms with Crippen molar-refractivity contribution >= 4 is 21.7 Å². The number of urea groups is 1. The van der Waals surface area contributed by atoms with Gasteiger partial charge in [0.1, 0.15) is 0 Å². The molecule has 0 bridgehead atoms. The molecule has 0 atom stereocenters. The minimum Gasteiger partial charge on any atom is -0.307 e. The lowest BCUT2D eigenvalue weighted by molar-refractivity contribution is 0.256. The molecular weight excluding hydrogens is 414 g/mol. The van der Waals surface area contributed by atoms with Crippen LogP contribution in [0.5, 0.6) is 0 Å². The third kappa shape index (κ3) is 4.34. The van der Waals surface area contributed by atoms with Crippen molar-refractivity contribution in [1.82, 2.24) is 19.4 Å². The van der Waals surface area contributed by atoms with Crippen LogP contribution >= 0.6 is 0 Å². The zero-order chi connectivity index (χ0) is 22.3. The molecule has 0 aliphatic heterocycles. The van der Waals surface area contributed by atoms with Crippen molar-refractivity contribution < 1.29 is 13.2 Å². The van der Waals surface area contributed by atoms with Gasteiger partial charge in [-0.25, -0.2) is 9.52 Å². The average Bonchev–Trinajstić information content (AvgIpc) is 3.41. The van der Waals surface area contributed by atoms with Crippen LogP contribution in [0.15, 0.2) is 17.2 Å². The molecule has 0 spiro atoms. The largest absolute Gasteiger partial charge is 0.333 e. The standard InChI is InChI=1S/C22H31N5O3S/c1-14(2)26(3)13-17-12-20(24-27(17)4)31(29,30)25-22(28)23-21-18-9-5-7-15(18)11-16-8-6-10-19(16)21/h11-12,14H,5-10,13H2,1-4H3,(H2,23,25,28). The average molecular weight is 446 g/mol. The van der Waals surface area contributed by atoms with E-state index in [9.17, 15) is 13.2 Å². The highest BCUT2D eigenvalue weighted by atomic mass is 32.2. The van der Waals surface area contributed by atoms with Crippen LogP contribution in [0.4, 0.5) is 10.5 Å². The van der Waals surface area contributed by atoms with Gasteiger partial charge in [-0.3, -0.25) is 9.58 Å². The Morgan fingerprint density at radius 1 is 1.13 bits per heavy atom. The van der Waals surface area contributed by atoms with Crippen molar-refractivity contribution in [2.45, 2.75) is 70.0 Å².